The molecule has 1 aromatic heterocycles. The standard InChI is InChI=1S/C10H17N5O3S2/c1-2-20(17,18)9-6-19-4-3-15(9)8(16)5-14-7-12-10(11)13-14/h7,9H,2-6H2,1H3,(H2,11,13). The van der Waals surface area contributed by atoms with Gasteiger partial charge in [-0.15, -0.1) is 5.10 Å². The molecule has 1 atom stereocenters. The first-order chi connectivity index (χ1) is 9.44. The van der Waals surface area contributed by atoms with Crippen molar-refractivity contribution in [3.63, 3.8) is 0 Å². The van der Waals surface area contributed by atoms with E-state index in [0.29, 0.717) is 12.3 Å². The number of anilines is 1. The van der Waals surface area contributed by atoms with E-state index in [1.165, 1.54) is 15.9 Å². The monoisotopic (exact) mass is 319 g/mol. The maximum atomic E-state index is 12.3. The zero-order valence-corrected chi connectivity index (χ0v) is 12.7. The molecule has 10 heteroatoms. The summed E-state index contributed by atoms with van der Waals surface area (Å²) in [7, 11) is -3.29. The number of hydrogen-bond donors (Lipinski definition) is 1. The Morgan fingerprint density at radius 3 is 2.95 bits per heavy atom. The van der Waals surface area contributed by atoms with Crippen molar-refractivity contribution in [1.82, 2.24) is 19.7 Å². The molecule has 2 heterocycles. The maximum absolute atomic E-state index is 12.3. The van der Waals surface area contributed by atoms with Gasteiger partial charge in [-0.2, -0.15) is 11.8 Å². The molecule has 1 fully saturated rings. The number of amides is 1. The molecule has 112 valence electrons. The average Bonchev–Trinajstić information content (AvgIpc) is 2.84. The fourth-order valence-electron chi connectivity index (χ4n) is 1.97. The van der Waals surface area contributed by atoms with E-state index in [0.717, 1.165) is 5.75 Å². The van der Waals surface area contributed by atoms with Crippen molar-refractivity contribution in [2.45, 2.75) is 18.8 Å². The molecule has 1 amide bonds. The third kappa shape index (κ3) is 3.23. The highest BCUT2D eigenvalue weighted by Gasteiger charge is 2.35. The van der Waals surface area contributed by atoms with Crippen LogP contribution >= 0.6 is 11.8 Å². The van der Waals surface area contributed by atoms with Gasteiger partial charge in [0.25, 0.3) is 0 Å². The zero-order valence-electron chi connectivity index (χ0n) is 11.1. The van der Waals surface area contributed by atoms with Gasteiger partial charge < -0.3 is 10.6 Å². The Kier molecular flexibility index (Phi) is 4.53. The summed E-state index contributed by atoms with van der Waals surface area (Å²) in [6.07, 6.45) is 1.36. The second-order valence-corrected chi connectivity index (χ2v) is 7.97. The molecule has 1 aromatic rings. The highest BCUT2D eigenvalue weighted by molar-refractivity contribution is 8.01. The van der Waals surface area contributed by atoms with E-state index in [4.69, 9.17) is 5.73 Å². The topological polar surface area (TPSA) is 111 Å². The fourth-order valence-corrected chi connectivity index (χ4v) is 4.96. The smallest absolute Gasteiger partial charge is 0.245 e. The Morgan fingerprint density at radius 2 is 2.35 bits per heavy atom. The van der Waals surface area contributed by atoms with E-state index in [1.807, 2.05) is 0 Å². The molecule has 8 nitrogen and oxygen atoms in total. The van der Waals surface area contributed by atoms with Gasteiger partial charge in [-0.25, -0.2) is 18.1 Å². The van der Waals surface area contributed by atoms with Crippen molar-refractivity contribution in [2.75, 3.05) is 29.5 Å². The molecule has 20 heavy (non-hydrogen) atoms. The van der Waals surface area contributed by atoms with Crippen LogP contribution in [0.2, 0.25) is 0 Å². The number of carbonyl (C=O) groups is 1. The fraction of sp³-hybridized carbons (Fsp3) is 0.700. The summed E-state index contributed by atoms with van der Waals surface area (Å²) in [4.78, 5) is 17.4. The molecule has 0 radical (unpaired) electrons. The highest BCUT2D eigenvalue weighted by atomic mass is 32.2. The van der Waals surface area contributed by atoms with Crippen molar-refractivity contribution in [2.24, 2.45) is 0 Å². The average molecular weight is 319 g/mol. The summed E-state index contributed by atoms with van der Waals surface area (Å²) in [5.74, 6) is 0.989. The highest BCUT2D eigenvalue weighted by Crippen LogP contribution is 2.21. The molecular weight excluding hydrogens is 302 g/mol. The number of nitrogens with two attached hydrogens (primary N) is 1. The van der Waals surface area contributed by atoms with Crippen LogP contribution in [0.5, 0.6) is 0 Å². The lowest BCUT2D eigenvalue weighted by atomic mass is 10.4. The van der Waals surface area contributed by atoms with Crippen LogP contribution in [0.1, 0.15) is 6.92 Å². The van der Waals surface area contributed by atoms with Crippen molar-refractivity contribution >= 4 is 33.5 Å². The van der Waals surface area contributed by atoms with Crippen LogP contribution in [0, 0.1) is 0 Å². The van der Waals surface area contributed by atoms with Gasteiger partial charge in [-0.05, 0) is 0 Å². The summed E-state index contributed by atoms with van der Waals surface area (Å²) >= 11 is 1.55. The number of carbonyl (C=O) groups excluding carboxylic acids is 1. The van der Waals surface area contributed by atoms with Crippen molar-refractivity contribution < 1.29 is 13.2 Å². The van der Waals surface area contributed by atoms with Crippen LogP contribution in [-0.4, -0.2) is 63.2 Å². The lowest BCUT2D eigenvalue weighted by Gasteiger charge is -2.34. The van der Waals surface area contributed by atoms with Crippen molar-refractivity contribution in [3.8, 4) is 0 Å². The van der Waals surface area contributed by atoms with Crippen molar-refractivity contribution in [3.05, 3.63) is 6.33 Å². The number of sulfone groups is 1. The summed E-state index contributed by atoms with van der Waals surface area (Å²) in [6.45, 7) is 1.97. The third-order valence-electron chi connectivity index (χ3n) is 3.07. The molecule has 1 saturated heterocycles. The third-order valence-corrected chi connectivity index (χ3v) is 6.36. The summed E-state index contributed by atoms with van der Waals surface area (Å²) in [5, 5.41) is 3.08. The Morgan fingerprint density at radius 1 is 1.60 bits per heavy atom. The van der Waals surface area contributed by atoms with E-state index < -0.39 is 15.2 Å². The summed E-state index contributed by atoms with van der Waals surface area (Å²) in [6, 6.07) is 0. The summed E-state index contributed by atoms with van der Waals surface area (Å²) in [5.41, 5.74) is 5.38. The molecule has 1 aliphatic rings. The first-order valence-electron chi connectivity index (χ1n) is 6.17. The Balaban J connectivity index is 2.13. The molecule has 1 aliphatic heterocycles. The second kappa shape index (κ2) is 6.00. The molecule has 0 aliphatic carbocycles. The number of nitrogen functional groups attached to an aromatic ring is 1. The normalized spacial score (nSPS) is 20.1. The maximum Gasteiger partial charge on any atom is 0.245 e. The number of rotatable bonds is 4. The molecule has 1 unspecified atom stereocenters. The molecule has 0 saturated carbocycles. The number of thioether (sulfide) groups is 1. The van der Waals surface area contributed by atoms with E-state index >= 15 is 0 Å². The van der Waals surface area contributed by atoms with Gasteiger partial charge in [-0.3, -0.25) is 4.79 Å². The molecular formula is C10H17N5O3S2. The molecule has 0 spiro atoms. The second-order valence-electron chi connectivity index (χ2n) is 4.37. The number of aromatic nitrogens is 3. The SMILES string of the molecule is CCS(=O)(=O)C1CSCCN1C(=O)Cn1cnc(N)n1. The van der Waals surface area contributed by atoms with E-state index in [-0.39, 0.29) is 24.2 Å². The van der Waals surface area contributed by atoms with E-state index in [1.54, 1.807) is 18.7 Å². The number of hydrogen-bond acceptors (Lipinski definition) is 7. The van der Waals surface area contributed by atoms with Crippen LogP contribution < -0.4 is 5.73 Å². The van der Waals surface area contributed by atoms with Crippen molar-refractivity contribution in [1.29, 1.82) is 0 Å². The van der Waals surface area contributed by atoms with Gasteiger partial charge in [0, 0.05) is 23.8 Å². The lowest BCUT2D eigenvalue weighted by molar-refractivity contribution is -0.132. The van der Waals surface area contributed by atoms with Gasteiger partial charge in [0.1, 0.15) is 18.2 Å². The van der Waals surface area contributed by atoms with E-state index in [2.05, 4.69) is 10.1 Å². The minimum atomic E-state index is -3.29. The van der Waals surface area contributed by atoms with Gasteiger partial charge >= 0.3 is 0 Å². The largest absolute Gasteiger partial charge is 0.367 e. The predicted molar refractivity (Wildman–Crippen MR) is 76.7 cm³/mol. The van der Waals surface area contributed by atoms with Crippen LogP contribution in [0.15, 0.2) is 6.33 Å². The van der Waals surface area contributed by atoms with Gasteiger partial charge in [0.2, 0.25) is 11.9 Å². The zero-order chi connectivity index (χ0) is 14.8. The predicted octanol–water partition coefficient (Wildman–Crippen LogP) is -0.803. The minimum absolute atomic E-state index is 0.0261. The quantitative estimate of drug-likeness (QED) is 0.773. The first-order valence-corrected chi connectivity index (χ1v) is 9.04. The lowest BCUT2D eigenvalue weighted by Crippen LogP contribution is -2.51. The van der Waals surface area contributed by atoms with Crippen LogP contribution in [-0.2, 0) is 21.2 Å². The Hall–Kier alpha value is -1.29. The van der Waals surface area contributed by atoms with Crippen LogP contribution in [0.25, 0.3) is 0 Å². The van der Waals surface area contributed by atoms with Gasteiger partial charge in [-0.1, -0.05) is 6.92 Å². The molecule has 2 N–H and O–H groups in total. The molecule has 0 aromatic carbocycles. The van der Waals surface area contributed by atoms with Crippen LogP contribution in [0.3, 0.4) is 0 Å². The first kappa shape index (κ1) is 15.1. The minimum Gasteiger partial charge on any atom is -0.367 e. The van der Waals surface area contributed by atoms with E-state index in [9.17, 15) is 13.2 Å². The molecule has 0 bridgehead atoms. The molecule has 2 rings (SSSR count). The van der Waals surface area contributed by atoms with Gasteiger partial charge in [0.15, 0.2) is 9.84 Å². The number of nitrogens with zero attached hydrogens (tertiary/aromatic N) is 4. The summed E-state index contributed by atoms with van der Waals surface area (Å²) < 4.78 is 25.4. The Labute approximate surface area is 121 Å². The van der Waals surface area contributed by atoms with Gasteiger partial charge in [0.05, 0.1) is 0 Å². The Bertz CT molecular complexity index is 585. The van der Waals surface area contributed by atoms with Crippen LogP contribution in [0.4, 0.5) is 5.95 Å².